The maximum atomic E-state index is 4.37. The van der Waals surface area contributed by atoms with Crippen molar-refractivity contribution in [3.8, 4) is 0 Å². The lowest BCUT2D eigenvalue weighted by Crippen LogP contribution is -2.20. The number of para-hydroxylation sites is 1. The Balaban J connectivity index is 1.51. The summed E-state index contributed by atoms with van der Waals surface area (Å²) >= 11 is 0. The van der Waals surface area contributed by atoms with E-state index < -0.39 is 0 Å². The Labute approximate surface area is 124 Å². The van der Waals surface area contributed by atoms with Crippen LogP contribution in [0.15, 0.2) is 55.0 Å². The lowest BCUT2D eigenvalue weighted by atomic mass is 10.3. The van der Waals surface area contributed by atoms with Crippen LogP contribution in [0.5, 0.6) is 0 Å². The molecule has 0 aliphatic carbocycles. The maximum Gasteiger partial charge on any atom is 0.152 e. The van der Waals surface area contributed by atoms with Gasteiger partial charge in [0.05, 0.1) is 6.20 Å². The zero-order valence-electron chi connectivity index (χ0n) is 12.1. The Bertz CT molecular complexity index is 692. The van der Waals surface area contributed by atoms with Crippen LogP contribution < -0.4 is 10.2 Å². The van der Waals surface area contributed by atoms with Gasteiger partial charge in [0.25, 0.3) is 0 Å². The second kappa shape index (κ2) is 6.26. The smallest absolute Gasteiger partial charge is 0.152 e. The molecule has 21 heavy (non-hydrogen) atoms. The lowest BCUT2D eigenvalue weighted by Gasteiger charge is -2.19. The molecule has 3 rings (SSSR count). The van der Waals surface area contributed by atoms with Gasteiger partial charge in [-0.1, -0.05) is 18.2 Å². The molecular formula is C16H19N5. The largest absolute Gasteiger partial charge is 0.375 e. The average Bonchev–Trinajstić information content (AvgIpc) is 3.01. The molecule has 5 nitrogen and oxygen atoms in total. The van der Waals surface area contributed by atoms with E-state index in [0.29, 0.717) is 0 Å². The summed E-state index contributed by atoms with van der Waals surface area (Å²) in [6.45, 7) is 1.88. The average molecular weight is 281 g/mol. The summed E-state index contributed by atoms with van der Waals surface area (Å²) in [4.78, 5) is 6.63. The fourth-order valence-electron chi connectivity index (χ4n) is 2.33. The van der Waals surface area contributed by atoms with Gasteiger partial charge in [-0.05, 0) is 24.6 Å². The normalized spacial score (nSPS) is 10.7. The third-order valence-corrected chi connectivity index (χ3v) is 3.48. The standard InChI is InChI=1S/C16H19N5/c1-20(14-6-3-2-4-7-14)12-5-9-17-16-15-8-10-19-21(15)13-11-18-16/h2-4,6-8,10-11,13H,5,9,12H2,1H3,(H,17,18). The van der Waals surface area contributed by atoms with Crippen molar-refractivity contribution in [3.05, 3.63) is 55.0 Å². The lowest BCUT2D eigenvalue weighted by molar-refractivity contribution is 0.813. The summed E-state index contributed by atoms with van der Waals surface area (Å²) < 4.78 is 1.82. The third-order valence-electron chi connectivity index (χ3n) is 3.48. The molecule has 0 aliphatic heterocycles. The minimum Gasteiger partial charge on any atom is -0.375 e. The van der Waals surface area contributed by atoms with Gasteiger partial charge < -0.3 is 10.2 Å². The van der Waals surface area contributed by atoms with Crippen molar-refractivity contribution in [1.82, 2.24) is 14.6 Å². The maximum absolute atomic E-state index is 4.37. The van der Waals surface area contributed by atoms with Gasteiger partial charge in [-0.3, -0.25) is 0 Å². The first kappa shape index (κ1) is 13.4. The number of aromatic nitrogens is 3. The van der Waals surface area contributed by atoms with Crippen LogP contribution in [-0.4, -0.2) is 34.7 Å². The molecule has 0 fully saturated rings. The molecule has 1 aromatic carbocycles. The van der Waals surface area contributed by atoms with E-state index >= 15 is 0 Å². The summed E-state index contributed by atoms with van der Waals surface area (Å²) in [6.07, 6.45) is 6.44. The Kier molecular flexibility index (Phi) is 4.00. The Morgan fingerprint density at radius 2 is 2.00 bits per heavy atom. The van der Waals surface area contributed by atoms with Crippen LogP contribution in [0.1, 0.15) is 6.42 Å². The highest BCUT2D eigenvalue weighted by molar-refractivity contribution is 5.66. The number of anilines is 2. The van der Waals surface area contributed by atoms with Gasteiger partial charge in [0.1, 0.15) is 5.52 Å². The summed E-state index contributed by atoms with van der Waals surface area (Å²) in [5, 5.41) is 7.59. The zero-order valence-corrected chi connectivity index (χ0v) is 12.1. The van der Waals surface area contributed by atoms with E-state index in [2.05, 4.69) is 51.6 Å². The number of rotatable bonds is 6. The topological polar surface area (TPSA) is 45.5 Å². The van der Waals surface area contributed by atoms with Crippen molar-refractivity contribution in [1.29, 1.82) is 0 Å². The number of nitrogens with one attached hydrogen (secondary N) is 1. The number of benzene rings is 1. The van der Waals surface area contributed by atoms with Crippen LogP contribution in [0.3, 0.4) is 0 Å². The molecule has 2 heterocycles. The molecule has 0 saturated carbocycles. The fourth-order valence-corrected chi connectivity index (χ4v) is 2.33. The highest BCUT2D eigenvalue weighted by atomic mass is 15.2. The summed E-state index contributed by atoms with van der Waals surface area (Å²) in [5.74, 6) is 0.886. The molecule has 3 aromatic rings. The van der Waals surface area contributed by atoms with Crippen LogP contribution in [0.4, 0.5) is 11.5 Å². The molecule has 108 valence electrons. The van der Waals surface area contributed by atoms with Crippen LogP contribution in [0, 0.1) is 0 Å². The van der Waals surface area contributed by atoms with E-state index in [1.165, 1.54) is 5.69 Å². The predicted octanol–water partition coefficient (Wildman–Crippen LogP) is 2.67. The first-order valence-electron chi connectivity index (χ1n) is 7.13. The van der Waals surface area contributed by atoms with Crippen molar-refractivity contribution < 1.29 is 0 Å². The Morgan fingerprint density at radius 1 is 1.14 bits per heavy atom. The van der Waals surface area contributed by atoms with E-state index in [-0.39, 0.29) is 0 Å². The molecule has 1 N–H and O–H groups in total. The first-order chi connectivity index (χ1) is 10.3. The number of hydrogen-bond donors (Lipinski definition) is 1. The molecular weight excluding hydrogens is 262 g/mol. The zero-order chi connectivity index (χ0) is 14.5. The van der Waals surface area contributed by atoms with Gasteiger partial charge in [0.2, 0.25) is 0 Å². The van der Waals surface area contributed by atoms with Gasteiger partial charge in [-0.15, -0.1) is 0 Å². The second-order valence-electron chi connectivity index (χ2n) is 4.97. The number of fused-ring (bicyclic) bond motifs is 1. The summed E-state index contributed by atoms with van der Waals surface area (Å²) in [7, 11) is 2.12. The predicted molar refractivity (Wildman–Crippen MR) is 85.8 cm³/mol. The van der Waals surface area contributed by atoms with Gasteiger partial charge in [0, 0.05) is 38.2 Å². The molecule has 0 spiro atoms. The fraction of sp³-hybridized carbons (Fsp3) is 0.250. The molecule has 0 amide bonds. The quantitative estimate of drug-likeness (QED) is 0.706. The van der Waals surface area contributed by atoms with E-state index in [4.69, 9.17) is 0 Å². The summed E-state index contributed by atoms with van der Waals surface area (Å²) in [6, 6.07) is 12.4. The minimum absolute atomic E-state index is 0.884. The van der Waals surface area contributed by atoms with Gasteiger partial charge in [-0.2, -0.15) is 5.10 Å². The van der Waals surface area contributed by atoms with E-state index in [0.717, 1.165) is 30.8 Å². The molecule has 0 aliphatic rings. The van der Waals surface area contributed by atoms with Gasteiger partial charge in [-0.25, -0.2) is 9.50 Å². The highest BCUT2D eigenvalue weighted by Crippen LogP contribution is 2.13. The minimum atomic E-state index is 0.884. The monoisotopic (exact) mass is 281 g/mol. The SMILES string of the molecule is CN(CCCNc1nccn2nccc12)c1ccccc1. The van der Waals surface area contributed by atoms with Gasteiger partial charge >= 0.3 is 0 Å². The van der Waals surface area contributed by atoms with Crippen LogP contribution in [0.2, 0.25) is 0 Å². The Morgan fingerprint density at radius 3 is 2.86 bits per heavy atom. The molecule has 0 saturated heterocycles. The molecule has 0 bridgehead atoms. The van der Waals surface area contributed by atoms with Crippen molar-refractivity contribution in [3.63, 3.8) is 0 Å². The third kappa shape index (κ3) is 3.13. The Hall–Kier alpha value is -2.56. The first-order valence-corrected chi connectivity index (χ1v) is 7.13. The summed E-state index contributed by atoms with van der Waals surface area (Å²) in [5.41, 5.74) is 2.25. The number of nitrogens with zero attached hydrogens (tertiary/aromatic N) is 4. The second-order valence-corrected chi connectivity index (χ2v) is 4.97. The van der Waals surface area contributed by atoms with Crippen LogP contribution >= 0.6 is 0 Å². The highest BCUT2D eigenvalue weighted by Gasteiger charge is 2.03. The van der Waals surface area contributed by atoms with Crippen molar-refractivity contribution in [2.24, 2.45) is 0 Å². The van der Waals surface area contributed by atoms with E-state index in [1.54, 1.807) is 12.4 Å². The molecule has 0 unspecified atom stereocenters. The van der Waals surface area contributed by atoms with E-state index in [1.807, 2.05) is 22.8 Å². The van der Waals surface area contributed by atoms with Crippen molar-refractivity contribution >= 4 is 17.0 Å². The van der Waals surface area contributed by atoms with Crippen LogP contribution in [-0.2, 0) is 0 Å². The van der Waals surface area contributed by atoms with Crippen LogP contribution in [0.25, 0.3) is 5.52 Å². The molecule has 0 radical (unpaired) electrons. The van der Waals surface area contributed by atoms with Gasteiger partial charge in [0.15, 0.2) is 5.82 Å². The van der Waals surface area contributed by atoms with E-state index in [9.17, 15) is 0 Å². The van der Waals surface area contributed by atoms with Crippen molar-refractivity contribution in [2.75, 3.05) is 30.4 Å². The molecule has 2 aromatic heterocycles. The molecule has 5 heteroatoms. The molecule has 0 atom stereocenters. The number of hydrogen-bond acceptors (Lipinski definition) is 4. The van der Waals surface area contributed by atoms with Crippen molar-refractivity contribution in [2.45, 2.75) is 6.42 Å².